The van der Waals surface area contributed by atoms with Gasteiger partial charge in [-0.2, -0.15) is 0 Å². The lowest BCUT2D eigenvalue weighted by molar-refractivity contribution is -0.169. The fraction of sp³-hybridized carbons (Fsp3) is 0.900. The average molecular weight is 318 g/mol. The van der Waals surface area contributed by atoms with Crippen molar-refractivity contribution in [2.24, 2.45) is 40.4 Å². The van der Waals surface area contributed by atoms with Crippen molar-refractivity contribution in [1.29, 1.82) is 0 Å². The van der Waals surface area contributed by atoms with E-state index in [1.807, 2.05) is 0 Å². The summed E-state index contributed by atoms with van der Waals surface area (Å²) in [5.41, 5.74) is -0.0775. The Morgan fingerprint density at radius 3 is 2.52 bits per heavy atom. The molecule has 4 rings (SSSR count). The molecule has 23 heavy (non-hydrogen) atoms. The molecule has 0 saturated heterocycles. The van der Waals surface area contributed by atoms with E-state index in [1.165, 1.54) is 19.3 Å². The summed E-state index contributed by atoms with van der Waals surface area (Å²) in [6, 6.07) is 0. The summed E-state index contributed by atoms with van der Waals surface area (Å²) in [4.78, 5) is 25.8. The zero-order valence-corrected chi connectivity index (χ0v) is 14.5. The highest BCUT2D eigenvalue weighted by molar-refractivity contribution is 5.91. The fourth-order valence-corrected chi connectivity index (χ4v) is 7.22. The van der Waals surface area contributed by atoms with Gasteiger partial charge in [-0.1, -0.05) is 26.7 Å². The molecule has 0 bridgehead atoms. The van der Waals surface area contributed by atoms with Crippen LogP contribution < -0.4 is 0 Å². The highest BCUT2D eigenvalue weighted by Crippen LogP contribution is 2.65. The van der Waals surface area contributed by atoms with Crippen LogP contribution in [0.4, 0.5) is 0 Å². The van der Waals surface area contributed by atoms with Crippen molar-refractivity contribution in [1.82, 2.24) is 0 Å². The normalized spacial score (nSPS) is 52.7. The van der Waals surface area contributed by atoms with Crippen molar-refractivity contribution in [2.45, 2.75) is 65.2 Å². The standard InChI is InChI=1S/C20H30O3/c1-19-9-4-3-5-13(19)12(11-21)18(23)17-14-6-7-16(22)20(14,2)10-8-15(17)19/h12-15,17,21H,3-11H2,1-2H3/t12-,13?,14?,15?,17?,19+,20+/m1/s1. The quantitative estimate of drug-likeness (QED) is 0.806. The second-order valence-corrected chi connectivity index (χ2v) is 9.21. The van der Waals surface area contributed by atoms with Crippen LogP contribution in [-0.4, -0.2) is 23.3 Å². The zero-order chi connectivity index (χ0) is 16.4. The number of fused-ring (bicyclic) bond motifs is 5. The fourth-order valence-electron chi connectivity index (χ4n) is 7.22. The van der Waals surface area contributed by atoms with Crippen molar-refractivity contribution >= 4 is 11.6 Å². The predicted octanol–water partition coefficient (Wildman–Crippen LogP) is 3.39. The van der Waals surface area contributed by atoms with Gasteiger partial charge in [-0.15, -0.1) is 0 Å². The van der Waals surface area contributed by atoms with Gasteiger partial charge in [0.15, 0.2) is 0 Å². The van der Waals surface area contributed by atoms with Crippen molar-refractivity contribution in [3.05, 3.63) is 0 Å². The van der Waals surface area contributed by atoms with Crippen LogP contribution in [0.2, 0.25) is 0 Å². The topological polar surface area (TPSA) is 54.4 Å². The van der Waals surface area contributed by atoms with E-state index in [0.29, 0.717) is 29.8 Å². The van der Waals surface area contributed by atoms with Gasteiger partial charge >= 0.3 is 0 Å². The van der Waals surface area contributed by atoms with Crippen LogP contribution in [0.3, 0.4) is 0 Å². The summed E-state index contributed by atoms with van der Waals surface area (Å²) in [6.45, 7) is 4.50. The third-order valence-electron chi connectivity index (χ3n) is 8.53. The molecule has 4 fully saturated rings. The van der Waals surface area contributed by atoms with E-state index < -0.39 is 0 Å². The van der Waals surface area contributed by atoms with E-state index in [4.69, 9.17) is 0 Å². The molecule has 4 unspecified atom stereocenters. The molecule has 3 nitrogen and oxygen atoms in total. The van der Waals surface area contributed by atoms with Crippen LogP contribution >= 0.6 is 0 Å². The highest BCUT2D eigenvalue weighted by atomic mass is 16.3. The molecule has 0 spiro atoms. The smallest absolute Gasteiger partial charge is 0.142 e. The Bertz CT molecular complexity index is 541. The van der Waals surface area contributed by atoms with E-state index in [9.17, 15) is 14.7 Å². The summed E-state index contributed by atoms with van der Waals surface area (Å²) < 4.78 is 0. The summed E-state index contributed by atoms with van der Waals surface area (Å²) in [6.07, 6.45) is 8.28. The van der Waals surface area contributed by atoms with Crippen molar-refractivity contribution in [2.75, 3.05) is 6.61 Å². The number of carbonyl (C=O) groups is 2. The number of hydrogen-bond acceptors (Lipinski definition) is 3. The van der Waals surface area contributed by atoms with Gasteiger partial charge in [0.25, 0.3) is 0 Å². The van der Waals surface area contributed by atoms with E-state index in [2.05, 4.69) is 13.8 Å². The van der Waals surface area contributed by atoms with E-state index in [1.54, 1.807) is 0 Å². The maximum Gasteiger partial charge on any atom is 0.142 e. The Balaban J connectivity index is 1.77. The van der Waals surface area contributed by atoms with Gasteiger partial charge in [0.05, 0.1) is 6.61 Å². The number of hydrogen-bond donors (Lipinski definition) is 1. The van der Waals surface area contributed by atoms with Crippen LogP contribution in [0.5, 0.6) is 0 Å². The molecule has 1 N–H and O–H groups in total. The molecule has 7 atom stereocenters. The van der Waals surface area contributed by atoms with Gasteiger partial charge in [0, 0.05) is 23.7 Å². The predicted molar refractivity (Wildman–Crippen MR) is 87.7 cm³/mol. The van der Waals surface area contributed by atoms with Crippen LogP contribution in [0.25, 0.3) is 0 Å². The monoisotopic (exact) mass is 318 g/mol. The van der Waals surface area contributed by atoms with Crippen LogP contribution in [-0.2, 0) is 9.59 Å². The maximum absolute atomic E-state index is 13.3. The summed E-state index contributed by atoms with van der Waals surface area (Å²) in [5, 5.41) is 9.97. The minimum atomic E-state index is -0.269. The summed E-state index contributed by atoms with van der Waals surface area (Å²) in [7, 11) is 0. The Morgan fingerprint density at radius 2 is 1.78 bits per heavy atom. The molecule has 0 amide bonds. The van der Waals surface area contributed by atoms with E-state index >= 15 is 0 Å². The first-order valence-electron chi connectivity index (χ1n) is 9.61. The first kappa shape index (κ1) is 15.8. The highest BCUT2D eigenvalue weighted by Gasteiger charge is 2.64. The summed E-state index contributed by atoms with van der Waals surface area (Å²) >= 11 is 0. The Morgan fingerprint density at radius 1 is 1.00 bits per heavy atom. The molecule has 3 heteroatoms. The minimum Gasteiger partial charge on any atom is -0.396 e. The second kappa shape index (κ2) is 5.15. The number of aliphatic hydroxyl groups excluding tert-OH is 1. The molecule has 4 aliphatic carbocycles. The number of Topliss-reactive ketones (excluding diaryl/α,β-unsaturated/α-hetero) is 2. The second-order valence-electron chi connectivity index (χ2n) is 9.21. The van der Waals surface area contributed by atoms with Crippen LogP contribution in [0.1, 0.15) is 65.2 Å². The molecule has 0 heterocycles. The van der Waals surface area contributed by atoms with Gasteiger partial charge in [-0.05, 0) is 55.3 Å². The molecule has 128 valence electrons. The lowest BCUT2D eigenvalue weighted by atomic mass is 9.43. The average Bonchev–Trinajstić information content (AvgIpc) is 2.84. The third-order valence-corrected chi connectivity index (χ3v) is 8.53. The van der Waals surface area contributed by atoms with Gasteiger partial charge in [0.1, 0.15) is 11.6 Å². The Hall–Kier alpha value is -0.700. The molecule has 0 aromatic rings. The SMILES string of the molecule is C[C@]12CCCCC1[C@@H](CO)C(=O)C1C2CC[C@]2(C)C(=O)CCC12. The number of carbonyl (C=O) groups excluding carboxylic acids is 2. The Kier molecular flexibility index (Phi) is 3.54. The minimum absolute atomic E-state index is 0.000307. The van der Waals surface area contributed by atoms with Gasteiger partial charge in [0.2, 0.25) is 0 Å². The largest absolute Gasteiger partial charge is 0.396 e. The molecule has 4 aliphatic rings. The number of rotatable bonds is 1. The van der Waals surface area contributed by atoms with Gasteiger partial charge < -0.3 is 5.11 Å². The van der Waals surface area contributed by atoms with E-state index in [-0.39, 0.29) is 35.2 Å². The molecule has 0 aliphatic heterocycles. The lowest BCUT2D eigenvalue weighted by Crippen LogP contribution is -2.60. The first-order valence-corrected chi connectivity index (χ1v) is 9.61. The molecule has 4 saturated carbocycles. The van der Waals surface area contributed by atoms with Crippen LogP contribution in [0.15, 0.2) is 0 Å². The van der Waals surface area contributed by atoms with Crippen molar-refractivity contribution in [3.63, 3.8) is 0 Å². The maximum atomic E-state index is 13.3. The van der Waals surface area contributed by atoms with Gasteiger partial charge in [-0.3, -0.25) is 9.59 Å². The number of ketones is 2. The van der Waals surface area contributed by atoms with Crippen LogP contribution in [0, 0.1) is 40.4 Å². The summed E-state index contributed by atoms with van der Waals surface area (Å²) in [5.74, 6) is 1.55. The molecular weight excluding hydrogens is 288 g/mol. The van der Waals surface area contributed by atoms with Crippen molar-refractivity contribution in [3.8, 4) is 0 Å². The van der Waals surface area contributed by atoms with E-state index in [0.717, 1.165) is 25.7 Å². The molecule has 0 aromatic heterocycles. The van der Waals surface area contributed by atoms with Crippen molar-refractivity contribution < 1.29 is 14.7 Å². The first-order chi connectivity index (χ1) is 10.9. The van der Waals surface area contributed by atoms with Gasteiger partial charge in [-0.25, -0.2) is 0 Å². The molecular formula is C20H30O3. The number of aliphatic hydroxyl groups is 1. The zero-order valence-electron chi connectivity index (χ0n) is 14.5. The molecule has 0 radical (unpaired) electrons. The lowest BCUT2D eigenvalue weighted by Gasteiger charge is -2.60. The third kappa shape index (κ3) is 1.92. The molecule has 0 aromatic carbocycles. The Labute approximate surface area is 139 Å².